The van der Waals surface area contributed by atoms with Crippen molar-refractivity contribution in [2.24, 2.45) is 0 Å². The van der Waals surface area contributed by atoms with Gasteiger partial charge in [-0.05, 0) is 52.0 Å². The van der Waals surface area contributed by atoms with E-state index in [0.29, 0.717) is 0 Å². The lowest BCUT2D eigenvalue weighted by atomic mass is 9.86. The summed E-state index contributed by atoms with van der Waals surface area (Å²) in [6.07, 6.45) is 0. The molecule has 0 fully saturated rings. The van der Waals surface area contributed by atoms with Crippen LogP contribution in [-0.4, -0.2) is 9.97 Å². The molecule has 2 heteroatoms. The Morgan fingerprint density at radius 3 is 1.47 bits per heavy atom. The highest BCUT2D eigenvalue weighted by molar-refractivity contribution is 5.32. The normalized spacial score (nSPS) is 12.0. The van der Waals surface area contributed by atoms with Crippen LogP contribution in [-0.2, 0) is 5.41 Å². The minimum atomic E-state index is 0.0164. The van der Waals surface area contributed by atoms with Crippen LogP contribution in [0.5, 0.6) is 0 Å². The molecule has 0 saturated carbocycles. The van der Waals surface area contributed by atoms with Gasteiger partial charge in [-0.3, -0.25) is 0 Å². The van der Waals surface area contributed by atoms with E-state index >= 15 is 0 Å². The molecule has 2 nitrogen and oxygen atoms in total. The summed E-state index contributed by atoms with van der Waals surface area (Å²) < 4.78 is 0. The Labute approximate surface area is 90.7 Å². The standard InChI is InChI=1S/C13H18N2/c1-9-5-7-11(14-9)13(3,4)12-8-6-10(2)15-12/h5-8,14-15H,1-4H3. The molecular weight excluding hydrogens is 184 g/mol. The molecule has 2 N–H and O–H groups in total. The fourth-order valence-electron chi connectivity index (χ4n) is 1.88. The van der Waals surface area contributed by atoms with Crippen molar-refractivity contribution < 1.29 is 0 Å². The third-order valence-corrected chi connectivity index (χ3v) is 3.01. The molecule has 0 aromatic carbocycles. The molecule has 0 aliphatic heterocycles. The maximum Gasteiger partial charge on any atom is 0.0447 e. The van der Waals surface area contributed by atoms with Crippen molar-refractivity contribution >= 4 is 0 Å². The first-order valence-electron chi connectivity index (χ1n) is 5.32. The molecule has 2 heterocycles. The Kier molecular flexibility index (Phi) is 2.22. The zero-order valence-electron chi connectivity index (χ0n) is 9.81. The Balaban J connectivity index is 2.42. The highest BCUT2D eigenvalue weighted by atomic mass is 14.8. The molecule has 0 unspecified atom stereocenters. The van der Waals surface area contributed by atoms with Gasteiger partial charge in [0.15, 0.2) is 0 Å². The molecule has 0 atom stereocenters. The van der Waals surface area contributed by atoms with E-state index in [1.165, 1.54) is 22.8 Å². The van der Waals surface area contributed by atoms with Gasteiger partial charge in [0, 0.05) is 28.2 Å². The Bertz CT molecular complexity index is 418. The van der Waals surface area contributed by atoms with E-state index in [9.17, 15) is 0 Å². The van der Waals surface area contributed by atoms with E-state index in [1.54, 1.807) is 0 Å². The summed E-state index contributed by atoms with van der Waals surface area (Å²) in [4.78, 5) is 6.81. The number of hydrogen-bond donors (Lipinski definition) is 2. The predicted octanol–water partition coefficient (Wildman–Crippen LogP) is 3.29. The topological polar surface area (TPSA) is 31.6 Å². The lowest BCUT2D eigenvalue weighted by molar-refractivity contribution is 0.601. The van der Waals surface area contributed by atoms with Gasteiger partial charge in [-0.2, -0.15) is 0 Å². The number of rotatable bonds is 2. The van der Waals surface area contributed by atoms with E-state index in [0.717, 1.165) is 0 Å². The Morgan fingerprint density at radius 1 is 0.800 bits per heavy atom. The summed E-state index contributed by atoms with van der Waals surface area (Å²) in [6.45, 7) is 8.62. The molecule has 0 radical (unpaired) electrons. The van der Waals surface area contributed by atoms with Gasteiger partial charge in [0.2, 0.25) is 0 Å². The third kappa shape index (κ3) is 1.72. The number of aromatic amines is 2. The van der Waals surface area contributed by atoms with Crippen LogP contribution in [0, 0.1) is 13.8 Å². The number of hydrogen-bond acceptors (Lipinski definition) is 0. The molecule has 0 spiro atoms. The van der Waals surface area contributed by atoms with Crippen LogP contribution in [0.1, 0.15) is 36.6 Å². The highest BCUT2D eigenvalue weighted by Crippen LogP contribution is 2.29. The van der Waals surface area contributed by atoms with Gasteiger partial charge in [0.25, 0.3) is 0 Å². The van der Waals surface area contributed by atoms with Crippen molar-refractivity contribution in [3.8, 4) is 0 Å². The molecule has 80 valence electrons. The number of H-pyrrole nitrogens is 2. The summed E-state index contributed by atoms with van der Waals surface area (Å²) in [5, 5.41) is 0. The van der Waals surface area contributed by atoms with Crippen molar-refractivity contribution in [1.82, 2.24) is 9.97 Å². The largest absolute Gasteiger partial charge is 0.362 e. The quantitative estimate of drug-likeness (QED) is 0.749. The third-order valence-electron chi connectivity index (χ3n) is 3.01. The lowest BCUT2D eigenvalue weighted by Crippen LogP contribution is -2.20. The van der Waals surface area contributed by atoms with Crippen LogP contribution < -0.4 is 0 Å². The average molecular weight is 202 g/mol. The lowest BCUT2D eigenvalue weighted by Gasteiger charge is -2.22. The smallest absolute Gasteiger partial charge is 0.0447 e. The molecule has 2 aromatic rings. The van der Waals surface area contributed by atoms with Gasteiger partial charge in [0.1, 0.15) is 0 Å². The number of aromatic nitrogens is 2. The number of nitrogens with one attached hydrogen (secondary N) is 2. The summed E-state index contributed by atoms with van der Waals surface area (Å²) in [7, 11) is 0. The van der Waals surface area contributed by atoms with Crippen molar-refractivity contribution in [3.05, 3.63) is 47.0 Å². The first kappa shape index (κ1) is 10.1. The second-order valence-electron chi connectivity index (χ2n) is 4.74. The van der Waals surface area contributed by atoms with E-state index in [1.807, 2.05) is 0 Å². The van der Waals surface area contributed by atoms with Crippen molar-refractivity contribution in [3.63, 3.8) is 0 Å². The van der Waals surface area contributed by atoms with Crippen LogP contribution in [0.3, 0.4) is 0 Å². The van der Waals surface area contributed by atoms with Gasteiger partial charge in [-0.15, -0.1) is 0 Å². The molecule has 15 heavy (non-hydrogen) atoms. The second-order valence-corrected chi connectivity index (χ2v) is 4.74. The van der Waals surface area contributed by atoms with Gasteiger partial charge < -0.3 is 9.97 Å². The first-order chi connectivity index (χ1) is 7.00. The zero-order chi connectivity index (χ0) is 11.1. The van der Waals surface area contributed by atoms with Crippen molar-refractivity contribution in [2.75, 3.05) is 0 Å². The predicted molar refractivity (Wildman–Crippen MR) is 63.2 cm³/mol. The van der Waals surface area contributed by atoms with Crippen molar-refractivity contribution in [1.29, 1.82) is 0 Å². The molecular formula is C13H18N2. The van der Waals surface area contributed by atoms with Crippen LogP contribution in [0.2, 0.25) is 0 Å². The zero-order valence-corrected chi connectivity index (χ0v) is 9.81. The van der Waals surface area contributed by atoms with Gasteiger partial charge in [-0.1, -0.05) is 0 Å². The number of aryl methyl sites for hydroxylation is 2. The highest BCUT2D eigenvalue weighted by Gasteiger charge is 2.25. The maximum atomic E-state index is 3.40. The minimum Gasteiger partial charge on any atom is -0.362 e. The van der Waals surface area contributed by atoms with E-state index in [4.69, 9.17) is 0 Å². The van der Waals surface area contributed by atoms with E-state index < -0.39 is 0 Å². The summed E-state index contributed by atoms with van der Waals surface area (Å²) in [5.41, 5.74) is 4.94. The molecule has 0 aliphatic carbocycles. The van der Waals surface area contributed by atoms with E-state index in [2.05, 4.69) is 61.9 Å². The molecule has 0 saturated heterocycles. The molecule has 0 aliphatic rings. The fourth-order valence-corrected chi connectivity index (χ4v) is 1.88. The first-order valence-corrected chi connectivity index (χ1v) is 5.32. The van der Waals surface area contributed by atoms with Gasteiger partial charge >= 0.3 is 0 Å². The molecule has 0 amide bonds. The van der Waals surface area contributed by atoms with Crippen LogP contribution in [0.4, 0.5) is 0 Å². The van der Waals surface area contributed by atoms with Crippen LogP contribution >= 0.6 is 0 Å². The molecule has 2 rings (SSSR count). The Morgan fingerprint density at radius 2 is 1.20 bits per heavy atom. The summed E-state index contributed by atoms with van der Waals surface area (Å²) >= 11 is 0. The van der Waals surface area contributed by atoms with Gasteiger partial charge in [0.05, 0.1) is 0 Å². The average Bonchev–Trinajstić information content (AvgIpc) is 2.74. The van der Waals surface area contributed by atoms with Gasteiger partial charge in [-0.25, -0.2) is 0 Å². The second kappa shape index (κ2) is 3.30. The minimum absolute atomic E-state index is 0.0164. The van der Waals surface area contributed by atoms with Crippen LogP contribution in [0.25, 0.3) is 0 Å². The fraction of sp³-hybridized carbons (Fsp3) is 0.385. The monoisotopic (exact) mass is 202 g/mol. The Hall–Kier alpha value is -1.44. The molecule has 2 aromatic heterocycles. The van der Waals surface area contributed by atoms with E-state index in [-0.39, 0.29) is 5.41 Å². The molecule has 0 bridgehead atoms. The SMILES string of the molecule is Cc1ccc(C(C)(C)c2ccc(C)[nH]2)[nH]1. The van der Waals surface area contributed by atoms with Crippen molar-refractivity contribution in [2.45, 2.75) is 33.1 Å². The summed E-state index contributed by atoms with van der Waals surface area (Å²) in [5.74, 6) is 0. The van der Waals surface area contributed by atoms with Crippen LogP contribution in [0.15, 0.2) is 24.3 Å². The summed E-state index contributed by atoms with van der Waals surface area (Å²) in [6, 6.07) is 8.55. The maximum absolute atomic E-state index is 3.40.